The first-order valence-electron chi connectivity index (χ1n) is 12.8. The molecule has 0 radical (unpaired) electrons. The molecule has 0 spiro atoms. The first-order valence-corrected chi connectivity index (χ1v) is 14.5. The summed E-state index contributed by atoms with van der Waals surface area (Å²) >= 11 is 0. The normalized spacial score (nSPS) is 15.3. The highest BCUT2D eigenvalue weighted by molar-refractivity contribution is 7.84. The van der Waals surface area contributed by atoms with Crippen molar-refractivity contribution in [3.8, 4) is 17.2 Å². The SMILES string of the molecule is CS(=O)CCOc1cc(N2CCN(CCn3cnc4c3nc(N)n3nc(-c5ccco5)cc43)CC2)c(F)cc1F. The maximum atomic E-state index is 14.6. The van der Waals surface area contributed by atoms with Crippen LogP contribution in [0.4, 0.5) is 20.4 Å². The highest BCUT2D eigenvalue weighted by Gasteiger charge is 2.22. The molecule has 1 unspecified atom stereocenters. The molecular formula is C26H28F2N8O3S. The van der Waals surface area contributed by atoms with Gasteiger partial charge in [-0.15, -0.1) is 0 Å². The molecule has 40 heavy (non-hydrogen) atoms. The van der Waals surface area contributed by atoms with Crippen molar-refractivity contribution in [2.45, 2.75) is 6.54 Å². The predicted molar refractivity (Wildman–Crippen MR) is 148 cm³/mol. The molecule has 4 aromatic heterocycles. The number of piperazine rings is 1. The molecule has 210 valence electrons. The zero-order valence-corrected chi connectivity index (χ0v) is 22.6. The van der Waals surface area contributed by atoms with Crippen LogP contribution in [0.2, 0.25) is 0 Å². The van der Waals surface area contributed by atoms with Gasteiger partial charge < -0.3 is 24.4 Å². The molecule has 0 aliphatic carbocycles. The Balaban J connectivity index is 1.11. The van der Waals surface area contributed by atoms with Gasteiger partial charge in [0, 0.05) is 68.5 Å². The average molecular weight is 571 g/mol. The third-order valence-electron chi connectivity index (χ3n) is 6.97. The summed E-state index contributed by atoms with van der Waals surface area (Å²) in [5, 5.41) is 4.51. The first-order chi connectivity index (χ1) is 19.4. The smallest absolute Gasteiger partial charge is 0.223 e. The number of rotatable bonds is 9. The van der Waals surface area contributed by atoms with Gasteiger partial charge in [-0.25, -0.2) is 13.8 Å². The maximum absolute atomic E-state index is 14.6. The molecule has 5 aromatic rings. The Kier molecular flexibility index (Phi) is 7.11. The summed E-state index contributed by atoms with van der Waals surface area (Å²) in [4.78, 5) is 13.3. The molecular weight excluding hydrogens is 542 g/mol. The van der Waals surface area contributed by atoms with Crippen molar-refractivity contribution in [2.75, 3.05) is 62.0 Å². The Hall–Kier alpha value is -4.04. The van der Waals surface area contributed by atoms with Gasteiger partial charge in [-0.2, -0.15) is 14.6 Å². The van der Waals surface area contributed by atoms with Crippen LogP contribution in [0.25, 0.3) is 28.1 Å². The Bertz CT molecular complexity index is 1680. The van der Waals surface area contributed by atoms with Crippen molar-refractivity contribution in [1.82, 2.24) is 29.0 Å². The molecule has 0 bridgehead atoms. The van der Waals surface area contributed by atoms with E-state index in [2.05, 4.69) is 20.0 Å². The highest BCUT2D eigenvalue weighted by atomic mass is 32.2. The quantitative estimate of drug-likeness (QED) is 0.285. The van der Waals surface area contributed by atoms with Gasteiger partial charge in [-0.3, -0.25) is 9.11 Å². The van der Waals surface area contributed by atoms with E-state index < -0.39 is 22.4 Å². The number of benzene rings is 1. The fraction of sp³-hybridized carbons (Fsp3) is 0.346. The summed E-state index contributed by atoms with van der Waals surface area (Å²) in [7, 11) is -1.06. The van der Waals surface area contributed by atoms with Crippen LogP contribution >= 0.6 is 0 Å². The van der Waals surface area contributed by atoms with Gasteiger partial charge in [0.25, 0.3) is 0 Å². The second-order valence-electron chi connectivity index (χ2n) is 9.57. The van der Waals surface area contributed by atoms with Crippen molar-refractivity contribution in [3.05, 3.63) is 54.6 Å². The number of fused-ring (bicyclic) bond motifs is 3. The van der Waals surface area contributed by atoms with E-state index in [1.165, 1.54) is 6.07 Å². The van der Waals surface area contributed by atoms with Crippen LogP contribution in [0.3, 0.4) is 0 Å². The lowest BCUT2D eigenvalue weighted by Crippen LogP contribution is -2.47. The van der Waals surface area contributed by atoms with Crippen molar-refractivity contribution in [2.24, 2.45) is 0 Å². The lowest BCUT2D eigenvalue weighted by molar-refractivity contribution is 0.248. The van der Waals surface area contributed by atoms with Gasteiger partial charge in [-0.1, -0.05) is 0 Å². The zero-order valence-electron chi connectivity index (χ0n) is 21.8. The number of imidazole rings is 1. The minimum atomic E-state index is -1.06. The number of hydrogen-bond donors (Lipinski definition) is 1. The molecule has 1 fully saturated rings. The topological polar surface area (TPSA) is 120 Å². The molecule has 1 saturated heterocycles. The van der Waals surface area contributed by atoms with Crippen LogP contribution in [0.15, 0.2) is 47.3 Å². The Labute approximate surface area is 230 Å². The van der Waals surface area contributed by atoms with Crippen molar-refractivity contribution in [1.29, 1.82) is 0 Å². The number of hydrogen-bond acceptors (Lipinski definition) is 9. The Morgan fingerprint density at radius 2 is 1.95 bits per heavy atom. The fourth-order valence-corrected chi connectivity index (χ4v) is 5.18. The number of anilines is 2. The third-order valence-corrected chi connectivity index (χ3v) is 7.71. The summed E-state index contributed by atoms with van der Waals surface area (Å²) in [6.45, 7) is 4.01. The van der Waals surface area contributed by atoms with E-state index >= 15 is 0 Å². The number of nitrogen functional groups attached to an aromatic ring is 1. The van der Waals surface area contributed by atoms with Crippen LogP contribution in [-0.2, 0) is 17.3 Å². The number of halogens is 2. The van der Waals surface area contributed by atoms with Gasteiger partial charge in [0.2, 0.25) is 5.95 Å². The molecule has 0 amide bonds. The minimum absolute atomic E-state index is 0.0355. The minimum Gasteiger partial charge on any atom is -0.489 e. The predicted octanol–water partition coefficient (Wildman–Crippen LogP) is 2.78. The van der Waals surface area contributed by atoms with Crippen molar-refractivity contribution >= 4 is 39.1 Å². The summed E-state index contributed by atoms with van der Waals surface area (Å²) in [5.41, 5.74) is 9.28. The van der Waals surface area contributed by atoms with Crippen LogP contribution in [0.1, 0.15) is 0 Å². The number of ether oxygens (including phenoxy) is 1. The average Bonchev–Trinajstić information content (AvgIpc) is 3.69. The van der Waals surface area contributed by atoms with Crippen molar-refractivity contribution < 1.29 is 22.1 Å². The van der Waals surface area contributed by atoms with E-state index in [1.807, 2.05) is 21.6 Å². The van der Waals surface area contributed by atoms with Crippen LogP contribution in [0.5, 0.6) is 5.75 Å². The number of nitrogens with two attached hydrogens (primary N) is 1. The second-order valence-corrected chi connectivity index (χ2v) is 11.1. The molecule has 1 atom stereocenters. The molecule has 5 heterocycles. The largest absolute Gasteiger partial charge is 0.489 e. The summed E-state index contributed by atoms with van der Waals surface area (Å²) < 4.78 is 54.5. The molecule has 11 nitrogen and oxygen atoms in total. The van der Waals surface area contributed by atoms with E-state index in [0.29, 0.717) is 61.0 Å². The van der Waals surface area contributed by atoms with Gasteiger partial charge >= 0.3 is 0 Å². The molecule has 1 aliphatic rings. The lowest BCUT2D eigenvalue weighted by Gasteiger charge is -2.36. The summed E-state index contributed by atoms with van der Waals surface area (Å²) in [6, 6.07) is 7.74. The fourth-order valence-electron chi connectivity index (χ4n) is 4.86. The Morgan fingerprint density at radius 3 is 2.70 bits per heavy atom. The molecule has 2 N–H and O–H groups in total. The van der Waals surface area contributed by atoms with E-state index in [0.717, 1.165) is 18.1 Å². The molecule has 1 aliphatic heterocycles. The summed E-state index contributed by atoms with van der Waals surface area (Å²) in [6.07, 6.45) is 4.89. The second kappa shape index (κ2) is 10.8. The number of aromatic nitrogens is 5. The zero-order chi connectivity index (χ0) is 27.8. The molecule has 6 rings (SSSR count). The Morgan fingerprint density at radius 1 is 1.12 bits per heavy atom. The van der Waals surface area contributed by atoms with Crippen LogP contribution in [0, 0.1) is 11.6 Å². The van der Waals surface area contributed by atoms with Gasteiger partial charge in [0.15, 0.2) is 23.0 Å². The maximum Gasteiger partial charge on any atom is 0.223 e. The van der Waals surface area contributed by atoms with Gasteiger partial charge in [0.05, 0.1) is 30.6 Å². The standard InChI is InChI=1S/C26H28F2N8O3S/c1-40(37)12-11-39-23-15-20(17(27)13-18(23)28)34-7-4-33(5-8-34)6-9-35-16-30-24-21-14-19(22-3-2-10-38-22)32-36(21)26(29)31-25(24)35/h2-3,10,13-16H,4-9,11-12H2,1H3,(H2,29,31). The first kappa shape index (κ1) is 26.2. The van der Waals surface area contributed by atoms with Gasteiger partial charge in [0.1, 0.15) is 22.5 Å². The number of furan rings is 1. The third kappa shape index (κ3) is 5.11. The van der Waals surface area contributed by atoms with Crippen molar-refractivity contribution in [3.63, 3.8) is 0 Å². The van der Waals surface area contributed by atoms with Crippen LogP contribution < -0.4 is 15.4 Å². The number of nitrogens with zero attached hydrogens (tertiary/aromatic N) is 7. The van der Waals surface area contributed by atoms with Crippen LogP contribution in [-0.4, -0.2) is 84.6 Å². The van der Waals surface area contributed by atoms with E-state index in [9.17, 15) is 13.0 Å². The molecule has 14 heteroatoms. The molecule has 1 aromatic carbocycles. The van der Waals surface area contributed by atoms with E-state index in [4.69, 9.17) is 14.9 Å². The lowest BCUT2D eigenvalue weighted by atomic mass is 10.2. The highest BCUT2D eigenvalue weighted by Crippen LogP contribution is 2.29. The van der Waals surface area contributed by atoms with Gasteiger partial charge in [-0.05, 0) is 18.2 Å². The van der Waals surface area contributed by atoms with E-state index in [1.54, 1.807) is 29.4 Å². The van der Waals surface area contributed by atoms with E-state index in [-0.39, 0.29) is 24.1 Å². The monoisotopic (exact) mass is 570 g/mol. The molecule has 0 saturated carbocycles. The summed E-state index contributed by atoms with van der Waals surface area (Å²) in [5.74, 6) is -0.275.